The molecule has 1 saturated heterocycles. The van der Waals surface area contributed by atoms with Crippen LogP contribution < -0.4 is 5.32 Å². The molecule has 0 spiro atoms. The molecule has 1 heterocycles. The van der Waals surface area contributed by atoms with Gasteiger partial charge in [0.1, 0.15) is 0 Å². The smallest absolute Gasteiger partial charge is 0.176 e. The summed E-state index contributed by atoms with van der Waals surface area (Å²) in [7, 11) is -7.14. The van der Waals surface area contributed by atoms with E-state index in [0.29, 0.717) is 0 Å². The molecule has 1 aromatic rings. The molecule has 5 nitrogen and oxygen atoms in total. The second-order valence-corrected chi connectivity index (χ2v) is 9.26. The first kappa shape index (κ1) is 15.5. The van der Waals surface area contributed by atoms with Crippen molar-refractivity contribution in [3.05, 3.63) is 23.8 Å². The minimum Gasteiger partial charge on any atom is -0.316 e. The Hall–Kier alpha value is -0.920. The van der Waals surface area contributed by atoms with Gasteiger partial charge in [-0.05, 0) is 43.0 Å². The quantitative estimate of drug-likeness (QED) is 0.898. The standard InChI is InChI=1S/C13H19NO4S2/c1-19(15,16)12-6-5-10(8-13(12)20(2,17)18)11-4-3-7-14-9-11/h5-6,8,11,14H,3-4,7,9H2,1-2H3. The van der Waals surface area contributed by atoms with E-state index in [1.165, 1.54) is 12.1 Å². The van der Waals surface area contributed by atoms with Crippen molar-refractivity contribution in [3.8, 4) is 0 Å². The van der Waals surface area contributed by atoms with Crippen molar-refractivity contribution in [3.63, 3.8) is 0 Å². The van der Waals surface area contributed by atoms with Gasteiger partial charge in [-0.2, -0.15) is 0 Å². The number of nitrogens with one attached hydrogen (secondary N) is 1. The van der Waals surface area contributed by atoms with Crippen LogP contribution in [0.3, 0.4) is 0 Å². The van der Waals surface area contributed by atoms with Crippen LogP contribution in [0.25, 0.3) is 0 Å². The Bertz CT molecular complexity index is 702. The predicted octanol–water partition coefficient (Wildman–Crippen LogP) is 0.961. The second-order valence-electron chi connectivity index (χ2n) is 5.29. The van der Waals surface area contributed by atoms with Gasteiger partial charge in [-0.1, -0.05) is 6.07 Å². The lowest BCUT2D eigenvalue weighted by molar-refractivity contribution is 0.460. The largest absolute Gasteiger partial charge is 0.316 e. The Morgan fingerprint density at radius 2 is 1.70 bits per heavy atom. The minimum absolute atomic E-state index is 0.0944. The number of piperidine rings is 1. The van der Waals surface area contributed by atoms with E-state index >= 15 is 0 Å². The maximum atomic E-state index is 11.9. The van der Waals surface area contributed by atoms with Crippen molar-refractivity contribution >= 4 is 19.7 Å². The Kier molecular flexibility index (Phi) is 4.22. The summed E-state index contributed by atoms with van der Waals surface area (Å²) in [6.45, 7) is 1.76. The van der Waals surface area contributed by atoms with Crippen LogP contribution in [0.2, 0.25) is 0 Å². The normalized spacial score (nSPS) is 20.8. The fraction of sp³-hybridized carbons (Fsp3) is 0.538. The predicted molar refractivity (Wildman–Crippen MR) is 77.5 cm³/mol. The molecule has 0 bridgehead atoms. The molecule has 1 unspecified atom stereocenters. The fourth-order valence-corrected chi connectivity index (χ4v) is 4.94. The monoisotopic (exact) mass is 317 g/mol. The average Bonchev–Trinajstić information content (AvgIpc) is 2.37. The molecule has 1 fully saturated rings. The maximum Gasteiger partial charge on any atom is 0.176 e. The van der Waals surface area contributed by atoms with Crippen LogP contribution >= 0.6 is 0 Å². The zero-order valence-electron chi connectivity index (χ0n) is 11.6. The number of benzene rings is 1. The van der Waals surface area contributed by atoms with Gasteiger partial charge in [0.2, 0.25) is 0 Å². The molecule has 2 rings (SSSR count). The first-order valence-corrected chi connectivity index (χ1v) is 10.2. The third-order valence-electron chi connectivity index (χ3n) is 3.53. The van der Waals surface area contributed by atoms with Gasteiger partial charge >= 0.3 is 0 Å². The highest BCUT2D eigenvalue weighted by Gasteiger charge is 2.23. The SMILES string of the molecule is CS(=O)(=O)c1ccc(C2CCCNC2)cc1S(C)(=O)=O. The topological polar surface area (TPSA) is 80.3 Å². The molecule has 1 aliphatic heterocycles. The molecule has 1 aromatic carbocycles. The molecule has 0 aliphatic carbocycles. The highest BCUT2D eigenvalue weighted by molar-refractivity contribution is 7.93. The van der Waals surface area contributed by atoms with Crippen molar-refractivity contribution < 1.29 is 16.8 Å². The second kappa shape index (κ2) is 5.46. The van der Waals surface area contributed by atoms with Gasteiger partial charge in [-0.25, -0.2) is 16.8 Å². The molecule has 1 N–H and O–H groups in total. The lowest BCUT2D eigenvalue weighted by Gasteiger charge is -2.23. The highest BCUT2D eigenvalue weighted by atomic mass is 32.2. The first-order chi connectivity index (χ1) is 9.19. The van der Waals surface area contributed by atoms with Crippen LogP contribution in [0.4, 0.5) is 0 Å². The number of hydrogen-bond donors (Lipinski definition) is 1. The molecule has 0 radical (unpaired) electrons. The Morgan fingerprint density at radius 1 is 1.05 bits per heavy atom. The Morgan fingerprint density at radius 3 is 2.20 bits per heavy atom. The van der Waals surface area contributed by atoms with Crippen LogP contribution in [-0.4, -0.2) is 42.4 Å². The molecule has 0 amide bonds. The Balaban J connectivity index is 2.55. The van der Waals surface area contributed by atoms with Gasteiger partial charge < -0.3 is 5.32 Å². The first-order valence-electron chi connectivity index (χ1n) is 6.44. The third-order valence-corrected chi connectivity index (χ3v) is 5.96. The summed E-state index contributed by atoms with van der Waals surface area (Å²) in [5.41, 5.74) is 0.880. The number of hydrogen-bond acceptors (Lipinski definition) is 5. The highest BCUT2D eigenvalue weighted by Crippen LogP contribution is 2.29. The van der Waals surface area contributed by atoms with Crippen molar-refractivity contribution in [2.45, 2.75) is 28.6 Å². The molecule has 0 aromatic heterocycles. The zero-order chi connectivity index (χ0) is 15.0. The maximum absolute atomic E-state index is 11.9. The summed E-state index contributed by atoms with van der Waals surface area (Å²) < 4.78 is 47.1. The van der Waals surface area contributed by atoms with Crippen LogP contribution in [0.15, 0.2) is 28.0 Å². The number of sulfone groups is 2. The van der Waals surface area contributed by atoms with E-state index in [1.807, 2.05) is 0 Å². The fourth-order valence-electron chi connectivity index (χ4n) is 2.51. The van der Waals surface area contributed by atoms with Crippen LogP contribution in [0.1, 0.15) is 24.3 Å². The van der Waals surface area contributed by atoms with E-state index in [9.17, 15) is 16.8 Å². The van der Waals surface area contributed by atoms with E-state index in [-0.39, 0.29) is 15.7 Å². The van der Waals surface area contributed by atoms with Crippen molar-refractivity contribution in [1.82, 2.24) is 5.32 Å². The van der Waals surface area contributed by atoms with E-state index in [0.717, 1.165) is 44.0 Å². The van der Waals surface area contributed by atoms with Gasteiger partial charge in [0.15, 0.2) is 19.7 Å². The van der Waals surface area contributed by atoms with Gasteiger partial charge in [0.25, 0.3) is 0 Å². The van der Waals surface area contributed by atoms with Crippen molar-refractivity contribution in [2.75, 3.05) is 25.6 Å². The molecule has 0 saturated carbocycles. The summed E-state index contributed by atoms with van der Waals surface area (Å²) in [5, 5.41) is 3.27. The molecular weight excluding hydrogens is 298 g/mol. The lowest BCUT2D eigenvalue weighted by Crippen LogP contribution is -2.28. The van der Waals surface area contributed by atoms with Gasteiger partial charge in [0.05, 0.1) is 9.79 Å². The molecular formula is C13H19NO4S2. The third kappa shape index (κ3) is 3.39. The van der Waals surface area contributed by atoms with Gasteiger partial charge in [0, 0.05) is 19.1 Å². The summed E-state index contributed by atoms with van der Waals surface area (Å²) in [6.07, 6.45) is 4.08. The van der Waals surface area contributed by atoms with Crippen LogP contribution in [0.5, 0.6) is 0 Å². The van der Waals surface area contributed by atoms with Crippen molar-refractivity contribution in [1.29, 1.82) is 0 Å². The minimum atomic E-state index is -3.58. The zero-order valence-corrected chi connectivity index (χ0v) is 13.2. The number of rotatable bonds is 3. The van der Waals surface area contributed by atoms with Gasteiger partial charge in [-0.3, -0.25) is 0 Å². The molecule has 7 heteroatoms. The van der Waals surface area contributed by atoms with E-state index in [1.54, 1.807) is 6.07 Å². The average molecular weight is 317 g/mol. The molecule has 112 valence electrons. The van der Waals surface area contributed by atoms with Crippen molar-refractivity contribution in [2.24, 2.45) is 0 Å². The molecule has 1 aliphatic rings. The van der Waals surface area contributed by atoms with Crippen LogP contribution in [0, 0.1) is 0 Å². The van der Waals surface area contributed by atoms with Crippen LogP contribution in [-0.2, 0) is 19.7 Å². The van der Waals surface area contributed by atoms with E-state index < -0.39 is 19.7 Å². The summed E-state index contributed by atoms with van der Waals surface area (Å²) >= 11 is 0. The molecule has 20 heavy (non-hydrogen) atoms. The van der Waals surface area contributed by atoms with E-state index in [4.69, 9.17) is 0 Å². The summed E-state index contributed by atoms with van der Waals surface area (Å²) in [6, 6.07) is 4.65. The molecule has 1 atom stereocenters. The Labute approximate surface area is 120 Å². The summed E-state index contributed by atoms with van der Waals surface area (Å²) in [4.78, 5) is -0.212. The lowest BCUT2D eigenvalue weighted by atomic mass is 9.92. The van der Waals surface area contributed by atoms with E-state index in [2.05, 4.69) is 5.32 Å². The summed E-state index contributed by atoms with van der Waals surface area (Å²) in [5.74, 6) is 0.234. The van der Waals surface area contributed by atoms with Gasteiger partial charge in [-0.15, -0.1) is 0 Å².